The minimum atomic E-state index is -0.273. The summed E-state index contributed by atoms with van der Waals surface area (Å²) in [5.74, 6) is 0.731. The van der Waals surface area contributed by atoms with Gasteiger partial charge in [-0.05, 0) is 12.1 Å². The number of imide groups is 1. The van der Waals surface area contributed by atoms with Gasteiger partial charge in [-0.2, -0.15) is 0 Å². The summed E-state index contributed by atoms with van der Waals surface area (Å²) in [6.07, 6.45) is 0. The van der Waals surface area contributed by atoms with Crippen molar-refractivity contribution in [1.82, 2.24) is 15.1 Å². The minimum Gasteiger partial charge on any atom is -0.497 e. The van der Waals surface area contributed by atoms with E-state index in [9.17, 15) is 9.59 Å². The van der Waals surface area contributed by atoms with Gasteiger partial charge in [0.2, 0.25) is 5.91 Å². The van der Waals surface area contributed by atoms with E-state index in [2.05, 4.69) is 21.2 Å². The summed E-state index contributed by atoms with van der Waals surface area (Å²) in [4.78, 5) is 29.3. The predicted molar refractivity (Wildman–Crippen MR) is 86.8 cm³/mol. The van der Waals surface area contributed by atoms with Crippen LogP contribution >= 0.6 is 0 Å². The van der Waals surface area contributed by atoms with Crippen LogP contribution in [-0.4, -0.2) is 74.7 Å². The smallest absolute Gasteiger partial charge is 0.324 e. The number of nitrogens with zero attached hydrogens (tertiary/aromatic N) is 3. The zero-order chi connectivity index (χ0) is 16.2. The van der Waals surface area contributed by atoms with Crippen LogP contribution in [0.3, 0.4) is 0 Å². The molecule has 23 heavy (non-hydrogen) atoms. The molecule has 7 heteroatoms. The van der Waals surface area contributed by atoms with Gasteiger partial charge < -0.3 is 15.0 Å². The van der Waals surface area contributed by atoms with Gasteiger partial charge in [-0.25, -0.2) is 4.79 Å². The number of hydrogen-bond donors (Lipinski definition) is 1. The number of piperazine rings is 1. The average molecular weight is 318 g/mol. The maximum atomic E-state index is 12.2. The molecule has 3 amide bonds. The summed E-state index contributed by atoms with van der Waals surface area (Å²) in [6, 6.07) is 7.73. The van der Waals surface area contributed by atoms with Crippen molar-refractivity contribution in [2.45, 2.75) is 0 Å². The fourth-order valence-corrected chi connectivity index (χ4v) is 2.96. The molecule has 7 nitrogen and oxygen atoms in total. The number of urea groups is 1. The van der Waals surface area contributed by atoms with E-state index in [1.165, 1.54) is 4.90 Å². The molecule has 0 saturated carbocycles. The number of amides is 3. The number of rotatable bonds is 4. The predicted octanol–water partition coefficient (Wildman–Crippen LogP) is 0.369. The van der Waals surface area contributed by atoms with Gasteiger partial charge in [0.15, 0.2) is 0 Å². The number of methoxy groups -OCH3 is 1. The Hall–Kier alpha value is -2.28. The molecule has 1 aromatic carbocycles. The molecule has 0 atom stereocenters. The van der Waals surface area contributed by atoms with Gasteiger partial charge in [-0.15, -0.1) is 0 Å². The lowest BCUT2D eigenvalue weighted by molar-refractivity contribution is -0.128. The maximum Gasteiger partial charge on any atom is 0.324 e. The molecular formula is C16H22N4O3. The first-order valence-electron chi connectivity index (χ1n) is 7.87. The monoisotopic (exact) mass is 318 g/mol. The zero-order valence-corrected chi connectivity index (χ0v) is 13.3. The Morgan fingerprint density at radius 2 is 2.00 bits per heavy atom. The number of nitrogens with one attached hydrogen (secondary N) is 1. The number of benzene rings is 1. The fourth-order valence-electron chi connectivity index (χ4n) is 2.96. The summed E-state index contributed by atoms with van der Waals surface area (Å²) in [5, 5.41) is 2.65. The van der Waals surface area contributed by atoms with Gasteiger partial charge in [0.05, 0.1) is 13.7 Å². The van der Waals surface area contributed by atoms with Crippen LogP contribution in [0.15, 0.2) is 24.3 Å². The van der Waals surface area contributed by atoms with Crippen molar-refractivity contribution < 1.29 is 14.3 Å². The van der Waals surface area contributed by atoms with Crippen LogP contribution in [-0.2, 0) is 4.79 Å². The van der Waals surface area contributed by atoms with Crippen LogP contribution in [0.1, 0.15) is 0 Å². The number of carbonyl (C=O) groups is 2. The average Bonchev–Trinajstić information content (AvgIpc) is 3.02. The van der Waals surface area contributed by atoms with Crippen molar-refractivity contribution in [3.8, 4) is 5.75 Å². The van der Waals surface area contributed by atoms with E-state index in [4.69, 9.17) is 4.74 Å². The van der Waals surface area contributed by atoms with E-state index in [1.54, 1.807) is 7.11 Å². The third kappa shape index (κ3) is 3.56. The fraction of sp³-hybridized carbons (Fsp3) is 0.500. The Morgan fingerprint density at radius 1 is 1.22 bits per heavy atom. The van der Waals surface area contributed by atoms with E-state index in [0.717, 1.165) is 37.6 Å². The van der Waals surface area contributed by atoms with Crippen LogP contribution in [0.4, 0.5) is 10.5 Å². The molecule has 2 aliphatic heterocycles. The molecule has 1 aromatic rings. The first kappa shape index (κ1) is 15.6. The molecule has 0 radical (unpaired) electrons. The second-order valence-electron chi connectivity index (χ2n) is 5.74. The van der Waals surface area contributed by atoms with Gasteiger partial charge in [0, 0.05) is 51.0 Å². The molecule has 0 unspecified atom stereocenters. The highest BCUT2D eigenvalue weighted by Crippen LogP contribution is 2.22. The number of anilines is 1. The second-order valence-corrected chi connectivity index (χ2v) is 5.74. The highest BCUT2D eigenvalue weighted by Gasteiger charge is 2.28. The van der Waals surface area contributed by atoms with E-state index >= 15 is 0 Å². The van der Waals surface area contributed by atoms with Gasteiger partial charge in [-0.3, -0.25) is 14.6 Å². The zero-order valence-electron chi connectivity index (χ0n) is 13.3. The Bertz CT molecular complexity index is 584. The highest BCUT2D eigenvalue weighted by atomic mass is 16.5. The van der Waals surface area contributed by atoms with Crippen molar-refractivity contribution in [1.29, 1.82) is 0 Å². The van der Waals surface area contributed by atoms with Crippen molar-refractivity contribution in [3.63, 3.8) is 0 Å². The third-order valence-electron chi connectivity index (χ3n) is 4.31. The number of carbonyl (C=O) groups excluding carboxylic acids is 2. The number of ether oxygens (including phenoxy) is 1. The first-order valence-corrected chi connectivity index (χ1v) is 7.87. The van der Waals surface area contributed by atoms with E-state index in [1.807, 2.05) is 18.2 Å². The molecule has 124 valence electrons. The van der Waals surface area contributed by atoms with Gasteiger partial charge in [0.25, 0.3) is 0 Å². The van der Waals surface area contributed by atoms with E-state index in [-0.39, 0.29) is 11.9 Å². The maximum absolute atomic E-state index is 12.2. The lowest BCUT2D eigenvalue weighted by Crippen LogP contribution is -2.50. The van der Waals surface area contributed by atoms with Crippen LogP contribution in [0, 0.1) is 0 Å². The summed E-state index contributed by atoms with van der Waals surface area (Å²) in [5.41, 5.74) is 1.13. The van der Waals surface area contributed by atoms with Crippen LogP contribution < -0.4 is 15.0 Å². The quantitative estimate of drug-likeness (QED) is 0.869. The summed E-state index contributed by atoms with van der Waals surface area (Å²) >= 11 is 0. The summed E-state index contributed by atoms with van der Waals surface area (Å²) in [6.45, 7) is 4.64. The highest BCUT2D eigenvalue weighted by molar-refractivity contribution is 5.96. The topological polar surface area (TPSA) is 65.1 Å². The molecule has 0 bridgehead atoms. The van der Waals surface area contributed by atoms with E-state index in [0.29, 0.717) is 19.6 Å². The van der Waals surface area contributed by atoms with Gasteiger partial charge >= 0.3 is 6.03 Å². The van der Waals surface area contributed by atoms with E-state index < -0.39 is 0 Å². The van der Waals surface area contributed by atoms with Crippen molar-refractivity contribution >= 4 is 17.6 Å². The lowest BCUT2D eigenvalue weighted by atomic mass is 10.2. The van der Waals surface area contributed by atoms with Crippen molar-refractivity contribution in [2.24, 2.45) is 0 Å². The summed E-state index contributed by atoms with van der Waals surface area (Å²) < 4.78 is 5.26. The Balaban J connectivity index is 1.52. The van der Waals surface area contributed by atoms with Crippen molar-refractivity contribution in [2.75, 3.05) is 57.8 Å². The largest absolute Gasteiger partial charge is 0.497 e. The molecule has 2 saturated heterocycles. The molecule has 2 fully saturated rings. The lowest BCUT2D eigenvalue weighted by Gasteiger charge is -2.36. The third-order valence-corrected chi connectivity index (χ3v) is 4.31. The molecule has 1 N–H and O–H groups in total. The molecule has 0 aromatic heterocycles. The molecule has 0 spiro atoms. The van der Waals surface area contributed by atoms with Gasteiger partial charge in [-0.1, -0.05) is 6.07 Å². The molecule has 2 aliphatic rings. The van der Waals surface area contributed by atoms with Crippen LogP contribution in [0.5, 0.6) is 5.75 Å². The van der Waals surface area contributed by atoms with Crippen molar-refractivity contribution in [3.05, 3.63) is 24.3 Å². The normalized spacial score (nSPS) is 18.9. The number of hydrogen-bond acceptors (Lipinski definition) is 5. The second kappa shape index (κ2) is 6.87. The Labute approximate surface area is 135 Å². The molecule has 3 rings (SSSR count). The SMILES string of the molecule is COc1cccc(N2CCN(CC(=O)N3CCNC3=O)CC2)c1. The molecular weight excluding hydrogens is 296 g/mol. The summed E-state index contributed by atoms with van der Waals surface area (Å²) in [7, 11) is 1.66. The molecule has 0 aliphatic carbocycles. The first-order chi connectivity index (χ1) is 11.2. The standard InChI is InChI=1S/C16H22N4O3/c1-23-14-4-2-3-13(11-14)19-9-7-18(8-10-19)12-15(21)20-6-5-17-16(20)22/h2-4,11H,5-10,12H2,1H3,(H,17,22). The van der Waals surface area contributed by atoms with Gasteiger partial charge in [0.1, 0.15) is 5.75 Å². The minimum absolute atomic E-state index is 0.116. The molecule has 2 heterocycles. The Kier molecular flexibility index (Phi) is 4.66. The van der Waals surface area contributed by atoms with Crippen LogP contribution in [0.2, 0.25) is 0 Å². The Morgan fingerprint density at radius 3 is 2.65 bits per heavy atom. The van der Waals surface area contributed by atoms with Crippen LogP contribution in [0.25, 0.3) is 0 Å².